The van der Waals surface area contributed by atoms with E-state index in [1.54, 1.807) is 0 Å². The summed E-state index contributed by atoms with van der Waals surface area (Å²) in [5.74, 6) is 1.99. The maximum absolute atomic E-state index is 5.59. The topological polar surface area (TPSA) is 28.4 Å². The van der Waals surface area contributed by atoms with Crippen molar-refractivity contribution < 1.29 is 4.42 Å². The summed E-state index contributed by atoms with van der Waals surface area (Å²) in [5, 5.41) is 3.36. The van der Waals surface area contributed by atoms with E-state index in [0.29, 0.717) is 6.04 Å². The fourth-order valence-electron chi connectivity index (χ4n) is 1.74. The first-order valence-electron chi connectivity index (χ1n) is 4.81. The molecule has 3 heteroatoms. The van der Waals surface area contributed by atoms with E-state index in [-0.39, 0.29) is 0 Å². The van der Waals surface area contributed by atoms with Crippen molar-refractivity contribution in [2.24, 2.45) is 0 Å². The summed E-state index contributed by atoms with van der Waals surface area (Å²) in [6.07, 6.45) is 0. The molecule has 1 unspecified atom stereocenters. The lowest BCUT2D eigenvalue weighted by Crippen LogP contribution is -2.49. The van der Waals surface area contributed by atoms with Crippen LogP contribution in [-0.4, -0.2) is 25.7 Å². The summed E-state index contributed by atoms with van der Waals surface area (Å²) in [6.45, 7) is 7.32. The summed E-state index contributed by atoms with van der Waals surface area (Å²) in [6, 6.07) is 4.60. The van der Waals surface area contributed by atoms with E-state index in [0.717, 1.165) is 31.3 Å². The minimum absolute atomic E-state index is 0.527. The van der Waals surface area contributed by atoms with Gasteiger partial charge in [-0.2, -0.15) is 0 Å². The Kier molecular flexibility index (Phi) is 2.27. The Labute approximate surface area is 78.7 Å². The van der Waals surface area contributed by atoms with Crippen molar-refractivity contribution in [3.8, 4) is 0 Å². The van der Waals surface area contributed by atoms with Gasteiger partial charge in [0.2, 0.25) is 0 Å². The molecule has 1 aliphatic rings. The molecule has 0 radical (unpaired) electrons. The van der Waals surface area contributed by atoms with Gasteiger partial charge < -0.3 is 14.6 Å². The van der Waals surface area contributed by atoms with Crippen molar-refractivity contribution in [1.29, 1.82) is 0 Å². The fourth-order valence-corrected chi connectivity index (χ4v) is 1.74. The Balaban J connectivity index is 2.14. The number of furan rings is 1. The number of nitrogens with one attached hydrogen (secondary N) is 1. The van der Waals surface area contributed by atoms with Gasteiger partial charge in [0.25, 0.3) is 0 Å². The predicted molar refractivity (Wildman–Crippen MR) is 53.1 cm³/mol. The molecule has 2 rings (SSSR count). The zero-order valence-electron chi connectivity index (χ0n) is 8.21. The zero-order valence-corrected chi connectivity index (χ0v) is 8.21. The maximum atomic E-state index is 5.59. The standard InChI is InChI=1S/C10H16N2O/c1-8-7-11-5-6-12(8)10-4-3-9(2)13-10/h3-4,8,11H,5-7H2,1-2H3. The smallest absolute Gasteiger partial charge is 0.195 e. The van der Waals surface area contributed by atoms with E-state index in [1.807, 2.05) is 13.0 Å². The van der Waals surface area contributed by atoms with Crippen molar-refractivity contribution in [3.05, 3.63) is 17.9 Å². The molecular weight excluding hydrogens is 164 g/mol. The van der Waals surface area contributed by atoms with Crippen LogP contribution in [0.2, 0.25) is 0 Å². The minimum Gasteiger partial charge on any atom is -0.446 e. The van der Waals surface area contributed by atoms with Crippen LogP contribution in [0.4, 0.5) is 5.88 Å². The first-order valence-corrected chi connectivity index (χ1v) is 4.81. The van der Waals surface area contributed by atoms with Crippen LogP contribution in [0.15, 0.2) is 16.5 Å². The average molecular weight is 180 g/mol. The van der Waals surface area contributed by atoms with Gasteiger partial charge in [0, 0.05) is 31.7 Å². The van der Waals surface area contributed by atoms with Gasteiger partial charge in [0.1, 0.15) is 5.76 Å². The highest BCUT2D eigenvalue weighted by Gasteiger charge is 2.20. The number of rotatable bonds is 1. The lowest BCUT2D eigenvalue weighted by atomic mass is 10.2. The Morgan fingerprint density at radius 1 is 1.54 bits per heavy atom. The Bertz CT molecular complexity index is 282. The molecule has 1 aromatic rings. The molecule has 1 aliphatic heterocycles. The van der Waals surface area contributed by atoms with Gasteiger partial charge in [-0.15, -0.1) is 0 Å². The molecule has 0 bridgehead atoms. The highest BCUT2D eigenvalue weighted by atomic mass is 16.4. The van der Waals surface area contributed by atoms with Gasteiger partial charge in [-0.05, 0) is 19.9 Å². The lowest BCUT2D eigenvalue weighted by Gasteiger charge is -2.33. The highest BCUT2D eigenvalue weighted by Crippen LogP contribution is 2.20. The maximum Gasteiger partial charge on any atom is 0.195 e. The van der Waals surface area contributed by atoms with Crippen molar-refractivity contribution in [2.75, 3.05) is 24.5 Å². The number of anilines is 1. The summed E-state index contributed by atoms with van der Waals surface area (Å²) in [4.78, 5) is 2.31. The summed E-state index contributed by atoms with van der Waals surface area (Å²) in [7, 11) is 0. The van der Waals surface area contributed by atoms with E-state index in [9.17, 15) is 0 Å². The van der Waals surface area contributed by atoms with Crippen LogP contribution in [0.25, 0.3) is 0 Å². The molecule has 2 heterocycles. The van der Waals surface area contributed by atoms with Gasteiger partial charge >= 0.3 is 0 Å². The van der Waals surface area contributed by atoms with Crippen molar-refractivity contribution in [2.45, 2.75) is 19.9 Å². The molecule has 1 N–H and O–H groups in total. The van der Waals surface area contributed by atoms with Gasteiger partial charge in [-0.1, -0.05) is 0 Å². The number of hydrogen-bond acceptors (Lipinski definition) is 3. The molecule has 3 nitrogen and oxygen atoms in total. The van der Waals surface area contributed by atoms with Crippen LogP contribution < -0.4 is 10.2 Å². The first-order chi connectivity index (χ1) is 6.27. The van der Waals surface area contributed by atoms with E-state index in [2.05, 4.69) is 23.2 Å². The number of piperazine rings is 1. The van der Waals surface area contributed by atoms with Gasteiger partial charge in [0.15, 0.2) is 5.88 Å². The molecule has 0 aliphatic carbocycles. The molecule has 13 heavy (non-hydrogen) atoms. The number of aryl methyl sites for hydroxylation is 1. The largest absolute Gasteiger partial charge is 0.446 e. The van der Waals surface area contributed by atoms with E-state index in [4.69, 9.17) is 4.42 Å². The molecule has 1 atom stereocenters. The van der Waals surface area contributed by atoms with Crippen LogP contribution in [0.1, 0.15) is 12.7 Å². The normalized spacial score (nSPS) is 23.5. The van der Waals surface area contributed by atoms with Gasteiger partial charge in [-0.3, -0.25) is 0 Å². The van der Waals surface area contributed by atoms with Crippen LogP contribution in [0.5, 0.6) is 0 Å². The molecule has 1 saturated heterocycles. The second-order valence-electron chi connectivity index (χ2n) is 3.63. The number of hydrogen-bond donors (Lipinski definition) is 1. The molecular formula is C10H16N2O. The van der Waals surface area contributed by atoms with Crippen LogP contribution in [-0.2, 0) is 0 Å². The van der Waals surface area contributed by atoms with Gasteiger partial charge in [0.05, 0.1) is 0 Å². The van der Waals surface area contributed by atoms with Crippen LogP contribution in [0.3, 0.4) is 0 Å². The Morgan fingerprint density at radius 3 is 3.00 bits per heavy atom. The fraction of sp³-hybridized carbons (Fsp3) is 0.600. The number of nitrogens with zero attached hydrogens (tertiary/aromatic N) is 1. The molecule has 0 aromatic carbocycles. The van der Waals surface area contributed by atoms with Gasteiger partial charge in [-0.25, -0.2) is 0 Å². The van der Waals surface area contributed by atoms with Crippen molar-refractivity contribution in [1.82, 2.24) is 5.32 Å². The zero-order chi connectivity index (χ0) is 9.26. The SMILES string of the molecule is Cc1ccc(N2CCNCC2C)o1. The highest BCUT2D eigenvalue weighted by molar-refractivity contribution is 5.38. The van der Waals surface area contributed by atoms with E-state index in [1.165, 1.54) is 0 Å². The quantitative estimate of drug-likeness (QED) is 0.708. The van der Waals surface area contributed by atoms with E-state index < -0.39 is 0 Å². The van der Waals surface area contributed by atoms with Crippen LogP contribution >= 0.6 is 0 Å². The molecule has 1 fully saturated rings. The Morgan fingerprint density at radius 2 is 2.38 bits per heavy atom. The Hall–Kier alpha value is -0.960. The molecule has 0 spiro atoms. The van der Waals surface area contributed by atoms with E-state index >= 15 is 0 Å². The first kappa shape index (κ1) is 8.63. The third-order valence-corrected chi connectivity index (χ3v) is 2.51. The summed E-state index contributed by atoms with van der Waals surface area (Å²) in [5.41, 5.74) is 0. The lowest BCUT2D eigenvalue weighted by molar-refractivity contribution is 0.445. The van der Waals surface area contributed by atoms with Crippen LogP contribution in [0, 0.1) is 6.92 Å². The third-order valence-electron chi connectivity index (χ3n) is 2.51. The minimum atomic E-state index is 0.527. The molecule has 0 amide bonds. The third kappa shape index (κ3) is 1.70. The summed E-state index contributed by atoms with van der Waals surface area (Å²) >= 11 is 0. The molecule has 0 saturated carbocycles. The molecule has 1 aromatic heterocycles. The van der Waals surface area contributed by atoms with Crippen molar-refractivity contribution in [3.63, 3.8) is 0 Å². The average Bonchev–Trinajstić information content (AvgIpc) is 2.53. The summed E-state index contributed by atoms with van der Waals surface area (Å²) < 4.78 is 5.59. The predicted octanol–water partition coefficient (Wildman–Crippen LogP) is 1.39. The second kappa shape index (κ2) is 3.42. The monoisotopic (exact) mass is 180 g/mol. The second-order valence-corrected chi connectivity index (χ2v) is 3.63. The van der Waals surface area contributed by atoms with Crippen molar-refractivity contribution >= 4 is 5.88 Å². The molecule has 72 valence electrons.